The van der Waals surface area contributed by atoms with Crippen LogP contribution in [0.2, 0.25) is 0 Å². The maximum absolute atomic E-state index is 14.9. The van der Waals surface area contributed by atoms with Crippen molar-refractivity contribution in [1.29, 1.82) is 0 Å². The lowest BCUT2D eigenvalue weighted by Crippen LogP contribution is -2.07. The second-order valence-electron chi connectivity index (χ2n) is 8.96. The fourth-order valence-corrected chi connectivity index (χ4v) is 4.37. The lowest BCUT2D eigenvalue weighted by Gasteiger charge is -2.21. The number of aryl methyl sites for hydroxylation is 1. The first-order valence-corrected chi connectivity index (χ1v) is 12.0. The van der Waals surface area contributed by atoms with Crippen LogP contribution in [0, 0.1) is 5.82 Å². The molecule has 0 saturated carbocycles. The van der Waals surface area contributed by atoms with Gasteiger partial charge in [-0.2, -0.15) is 0 Å². The van der Waals surface area contributed by atoms with Crippen LogP contribution < -0.4 is 4.74 Å². The van der Waals surface area contributed by atoms with Crippen molar-refractivity contribution >= 4 is 0 Å². The Kier molecular flexibility index (Phi) is 8.11. The predicted octanol–water partition coefficient (Wildman–Crippen LogP) is 8.31. The molecule has 5 heteroatoms. The number of rotatable bonds is 9. The number of benzene rings is 3. The molecule has 0 bridgehead atoms. The zero-order chi connectivity index (χ0) is 25.7. The highest BCUT2D eigenvalue weighted by Crippen LogP contribution is 2.40. The van der Waals surface area contributed by atoms with E-state index in [-0.39, 0.29) is 5.82 Å². The molecule has 0 radical (unpaired) electrons. The SMILES string of the molecule is C=CCOc1ccc(-c2ccc(CCC3=CCC(c4ccc(C(C)O)cc4)C(F)=C3F)cc2)c(F)c1. The van der Waals surface area contributed by atoms with E-state index in [0.717, 1.165) is 16.7 Å². The number of aliphatic hydroxyl groups excluding tert-OH is 1. The molecule has 4 rings (SSSR count). The van der Waals surface area contributed by atoms with E-state index >= 15 is 0 Å². The molecule has 2 nitrogen and oxygen atoms in total. The Morgan fingerprint density at radius 1 is 1.00 bits per heavy atom. The van der Waals surface area contributed by atoms with E-state index in [2.05, 4.69) is 6.58 Å². The molecule has 1 N–H and O–H groups in total. The molecule has 0 amide bonds. The number of halogens is 3. The van der Waals surface area contributed by atoms with Gasteiger partial charge in [0.15, 0.2) is 5.83 Å². The molecule has 36 heavy (non-hydrogen) atoms. The lowest BCUT2D eigenvalue weighted by atomic mass is 9.86. The zero-order valence-electron chi connectivity index (χ0n) is 20.2. The van der Waals surface area contributed by atoms with Gasteiger partial charge in [0.1, 0.15) is 24.0 Å². The van der Waals surface area contributed by atoms with Crippen LogP contribution in [0.25, 0.3) is 11.1 Å². The molecule has 2 atom stereocenters. The van der Waals surface area contributed by atoms with Crippen molar-refractivity contribution < 1.29 is 23.0 Å². The molecule has 0 spiro atoms. The quantitative estimate of drug-likeness (QED) is 0.306. The van der Waals surface area contributed by atoms with Crippen LogP contribution in [0.4, 0.5) is 13.2 Å². The van der Waals surface area contributed by atoms with Gasteiger partial charge in [-0.05, 0) is 66.1 Å². The van der Waals surface area contributed by atoms with Gasteiger partial charge in [0.25, 0.3) is 0 Å². The van der Waals surface area contributed by atoms with Gasteiger partial charge in [-0.1, -0.05) is 67.3 Å². The van der Waals surface area contributed by atoms with E-state index in [4.69, 9.17) is 4.74 Å². The van der Waals surface area contributed by atoms with Gasteiger partial charge >= 0.3 is 0 Å². The fourth-order valence-electron chi connectivity index (χ4n) is 4.37. The van der Waals surface area contributed by atoms with Crippen molar-refractivity contribution in [3.05, 3.63) is 125 Å². The second-order valence-corrected chi connectivity index (χ2v) is 8.96. The topological polar surface area (TPSA) is 29.5 Å². The van der Waals surface area contributed by atoms with Gasteiger partial charge in [0.05, 0.1) is 6.10 Å². The Morgan fingerprint density at radius 2 is 1.72 bits per heavy atom. The Bertz CT molecular complexity index is 1270. The minimum atomic E-state index is -0.789. The van der Waals surface area contributed by atoms with Gasteiger partial charge in [0, 0.05) is 17.5 Å². The van der Waals surface area contributed by atoms with Crippen LogP contribution in [0.1, 0.15) is 48.5 Å². The van der Waals surface area contributed by atoms with Crippen molar-refractivity contribution in [3.63, 3.8) is 0 Å². The molecular weight excluding hydrogens is 461 g/mol. The standard InChI is InChI=1S/C31H29F3O2/c1-3-18-36-26-15-17-27(29(32)19-26)23-7-4-21(5-8-23)6-9-25-14-16-28(31(34)30(25)33)24-12-10-22(11-13-24)20(2)35/h3-5,7-8,10-15,17,19-20,28,35H,1,6,9,16,18H2,2H3. The summed E-state index contributed by atoms with van der Waals surface area (Å²) in [5.41, 5.74) is 3.94. The fraction of sp³-hybridized carbons (Fsp3) is 0.226. The molecule has 0 saturated heterocycles. The molecule has 0 fully saturated rings. The van der Waals surface area contributed by atoms with Crippen molar-refractivity contribution in [3.8, 4) is 16.9 Å². The Balaban J connectivity index is 1.39. The minimum absolute atomic E-state index is 0.307. The third-order valence-corrected chi connectivity index (χ3v) is 6.48. The normalized spacial score (nSPS) is 16.5. The molecule has 3 aromatic carbocycles. The second kappa shape index (κ2) is 11.4. The molecule has 3 aromatic rings. The molecule has 1 aliphatic carbocycles. The van der Waals surface area contributed by atoms with E-state index in [0.29, 0.717) is 48.3 Å². The summed E-state index contributed by atoms with van der Waals surface area (Å²) in [7, 11) is 0. The average Bonchev–Trinajstić information content (AvgIpc) is 2.89. The van der Waals surface area contributed by atoms with Gasteiger partial charge in [-0.15, -0.1) is 0 Å². The highest BCUT2D eigenvalue weighted by Gasteiger charge is 2.26. The van der Waals surface area contributed by atoms with E-state index in [1.165, 1.54) is 6.07 Å². The third-order valence-electron chi connectivity index (χ3n) is 6.48. The Labute approximate surface area is 210 Å². The van der Waals surface area contributed by atoms with Crippen molar-refractivity contribution in [1.82, 2.24) is 0 Å². The summed E-state index contributed by atoms with van der Waals surface area (Å²) < 4.78 is 49.7. The monoisotopic (exact) mass is 490 g/mol. The van der Waals surface area contributed by atoms with Crippen LogP contribution >= 0.6 is 0 Å². The molecule has 186 valence electrons. The summed E-state index contributed by atoms with van der Waals surface area (Å²) >= 11 is 0. The summed E-state index contributed by atoms with van der Waals surface area (Å²) in [6.45, 7) is 5.54. The lowest BCUT2D eigenvalue weighted by molar-refractivity contribution is 0.199. The first-order chi connectivity index (χ1) is 17.4. The van der Waals surface area contributed by atoms with E-state index in [1.54, 1.807) is 55.5 Å². The first-order valence-electron chi connectivity index (χ1n) is 12.0. The Hall–Kier alpha value is -3.57. The summed E-state index contributed by atoms with van der Waals surface area (Å²) in [6, 6.07) is 19.1. The van der Waals surface area contributed by atoms with Crippen LogP contribution in [0.3, 0.4) is 0 Å². The highest BCUT2D eigenvalue weighted by molar-refractivity contribution is 5.65. The number of hydrogen-bond acceptors (Lipinski definition) is 2. The largest absolute Gasteiger partial charge is 0.489 e. The maximum atomic E-state index is 14.9. The molecule has 0 heterocycles. The summed E-state index contributed by atoms with van der Waals surface area (Å²) in [5, 5.41) is 9.65. The van der Waals surface area contributed by atoms with Crippen molar-refractivity contribution in [2.24, 2.45) is 0 Å². The highest BCUT2D eigenvalue weighted by atomic mass is 19.2. The number of hydrogen-bond donors (Lipinski definition) is 1. The first kappa shape index (κ1) is 25.5. The van der Waals surface area contributed by atoms with E-state index < -0.39 is 23.7 Å². The summed E-state index contributed by atoms with van der Waals surface area (Å²) in [6.07, 6.45) is 4.05. The van der Waals surface area contributed by atoms with E-state index in [1.807, 2.05) is 24.3 Å². The maximum Gasteiger partial charge on any atom is 0.158 e. The van der Waals surface area contributed by atoms with Gasteiger partial charge in [-0.25, -0.2) is 13.2 Å². The van der Waals surface area contributed by atoms with Crippen LogP contribution in [0.15, 0.2) is 103 Å². The van der Waals surface area contributed by atoms with Gasteiger partial charge in [-0.3, -0.25) is 0 Å². The van der Waals surface area contributed by atoms with Crippen LogP contribution in [-0.4, -0.2) is 11.7 Å². The van der Waals surface area contributed by atoms with Gasteiger partial charge in [0.2, 0.25) is 0 Å². The average molecular weight is 491 g/mol. The number of allylic oxidation sites excluding steroid dienone is 4. The van der Waals surface area contributed by atoms with Gasteiger partial charge < -0.3 is 9.84 Å². The smallest absolute Gasteiger partial charge is 0.158 e. The summed E-state index contributed by atoms with van der Waals surface area (Å²) in [4.78, 5) is 0. The molecule has 0 aliphatic heterocycles. The predicted molar refractivity (Wildman–Crippen MR) is 138 cm³/mol. The number of aliphatic hydroxyl groups is 1. The minimum Gasteiger partial charge on any atom is -0.489 e. The zero-order valence-corrected chi connectivity index (χ0v) is 20.2. The molecule has 2 unspecified atom stereocenters. The van der Waals surface area contributed by atoms with Crippen LogP contribution in [-0.2, 0) is 6.42 Å². The van der Waals surface area contributed by atoms with Crippen molar-refractivity contribution in [2.45, 2.75) is 38.2 Å². The summed E-state index contributed by atoms with van der Waals surface area (Å²) in [5.74, 6) is -2.13. The van der Waals surface area contributed by atoms with E-state index in [9.17, 15) is 18.3 Å². The molecule has 1 aliphatic rings. The Morgan fingerprint density at radius 3 is 2.36 bits per heavy atom. The third kappa shape index (κ3) is 5.80. The molecule has 0 aromatic heterocycles. The molecular formula is C31H29F3O2. The number of ether oxygens (including phenoxy) is 1. The van der Waals surface area contributed by atoms with Crippen molar-refractivity contribution in [2.75, 3.05) is 6.61 Å². The van der Waals surface area contributed by atoms with Crippen LogP contribution in [0.5, 0.6) is 5.75 Å².